The van der Waals surface area contributed by atoms with Gasteiger partial charge in [-0.15, -0.1) is 0 Å². The Morgan fingerprint density at radius 3 is 1.98 bits per heavy atom. The number of nitrogens with one attached hydrogen (secondary N) is 4. The number of rotatable bonds is 15. The number of hydrogen-bond donors (Lipinski definition) is 4. The number of fused-ring (bicyclic) bond motifs is 1. The molecule has 4 aliphatic carbocycles. The van der Waals surface area contributed by atoms with Crippen LogP contribution in [0.2, 0.25) is 0 Å². The van der Waals surface area contributed by atoms with Crippen molar-refractivity contribution in [2.24, 2.45) is 33.5 Å². The highest BCUT2D eigenvalue weighted by Gasteiger charge is 2.85. The van der Waals surface area contributed by atoms with Crippen LogP contribution in [0.5, 0.6) is 0 Å². The van der Waals surface area contributed by atoms with Crippen LogP contribution in [0.25, 0.3) is 0 Å². The molecule has 0 aromatic carbocycles. The molecule has 4 saturated carbocycles. The average molecular weight is 795 g/mol. The van der Waals surface area contributed by atoms with E-state index in [1.807, 2.05) is 27.7 Å². The van der Waals surface area contributed by atoms with Crippen molar-refractivity contribution >= 4 is 35.3 Å². The molecule has 0 unspecified atom stereocenters. The monoisotopic (exact) mass is 795 g/mol. The number of likely N-dealkylation sites (tertiary alicyclic amines) is 2. The van der Waals surface area contributed by atoms with Gasteiger partial charge >= 0.3 is 0 Å². The van der Waals surface area contributed by atoms with Gasteiger partial charge in [0.25, 0.3) is 5.91 Å². The number of Topliss-reactive ketones (excluding diaryl/α,β-unsaturated/α-hetero) is 1. The van der Waals surface area contributed by atoms with Crippen molar-refractivity contribution < 1.29 is 28.8 Å². The van der Waals surface area contributed by atoms with Crippen LogP contribution in [-0.2, 0) is 28.8 Å². The van der Waals surface area contributed by atoms with E-state index in [-0.39, 0.29) is 52.0 Å². The number of hydrogen-bond acceptors (Lipinski definition) is 7. The summed E-state index contributed by atoms with van der Waals surface area (Å²) in [6, 6.07) is -3.86. The zero-order valence-corrected chi connectivity index (χ0v) is 36.4. The van der Waals surface area contributed by atoms with Gasteiger partial charge in [0.2, 0.25) is 29.4 Å². The highest BCUT2D eigenvalue weighted by atomic mass is 16.2. The second kappa shape index (κ2) is 16.9. The first-order chi connectivity index (χ1) is 26.9. The summed E-state index contributed by atoms with van der Waals surface area (Å²) in [5.41, 5.74) is -1.04. The number of ketones is 1. The molecule has 2 heterocycles. The first-order valence-corrected chi connectivity index (χ1v) is 22.7. The van der Waals surface area contributed by atoms with Crippen molar-refractivity contribution in [3.8, 4) is 0 Å². The molecule has 0 radical (unpaired) electrons. The third-order valence-electron chi connectivity index (χ3n) is 15.4. The minimum absolute atomic E-state index is 0.0143. The third kappa shape index (κ3) is 8.54. The van der Waals surface area contributed by atoms with Crippen LogP contribution in [0.3, 0.4) is 0 Å². The average Bonchev–Trinajstić information content (AvgIpc) is 3.96. The fourth-order valence-electron chi connectivity index (χ4n) is 11.7. The van der Waals surface area contributed by atoms with E-state index in [4.69, 9.17) is 0 Å². The predicted molar refractivity (Wildman–Crippen MR) is 220 cm³/mol. The number of carbonyl (C=O) groups is 6. The molecule has 5 amide bonds. The summed E-state index contributed by atoms with van der Waals surface area (Å²) in [6.07, 6.45) is 13.8. The quantitative estimate of drug-likeness (QED) is 0.170. The topological polar surface area (TPSA) is 157 Å². The molecular weight excluding hydrogens is 721 g/mol. The second-order valence-corrected chi connectivity index (χ2v) is 20.9. The lowest BCUT2D eigenvalue weighted by molar-refractivity contribution is -0.146. The molecule has 2 saturated heterocycles. The van der Waals surface area contributed by atoms with E-state index in [1.54, 1.807) is 4.90 Å². The summed E-state index contributed by atoms with van der Waals surface area (Å²) >= 11 is 0. The van der Waals surface area contributed by atoms with Crippen LogP contribution in [0.4, 0.5) is 0 Å². The van der Waals surface area contributed by atoms with Gasteiger partial charge in [-0.2, -0.15) is 0 Å². The molecule has 2 spiro atoms. The van der Waals surface area contributed by atoms with E-state index in [0.29, 0.717) is 31.7 Å². The summed E-state index contributed by atoms with van der Waals surface area (Å²) in [4.78, 5) is 88.7. The Bertz CT molecular complexity index is 1540. The zero-order chi connectivity index (χ0) is 41.5. The van der Waals surface area contributed by atoms with Gasteiger partial charge in [-0.25, -0.2) is 0 Å². The largest absolute Gasteiger partial charge is 0.347 e. The van der Waals surface area contributed by atoms with E-state index in [0.717, 1.165) is 96.6 Å². The molecule has 2 aliphatic heterocycles. The molecule has 57 heavy (non-hydrogen) atoms. The number of amides is 5. The molecule has 0 bridgehead atoms. The van der Waals surface area contributed by atoms with Crippen LogP contribution in [0, 0.1) is 33.5 Å². The highest BCUT2D eigenvalue weighted by molar-refractivity contribution is 6.38. The van der Waals surface area contributed by atoms with Gasteiger partial charge in [-0.1, -0.05) is 93.9 Å². The van der Waals surface area contributed by atoms with Crippen molar-refractivity contribution in [2.75, 3.05) is 19.6 Å². The minimum Gasteiger partial charge on any atom is -0.347 e. The van der Waals surface area contributed by atoms with Crippen molar-refractivity contribution in [3.05, 3.63) is 0 Å². The van der Waals surface area contributed by atoms with Gasteiger partial charge in [0.05, 0.1) is 12.1 Å². The zero-order valence-electron chi connectivity index (χ0n) is 36.4. The van der Waals surface area contributed by atoms with E-state index in [2.05, 4.69) is 53.9 Å². The number of piperidine rings is 1. The molecule has 6 fully saturated rings. The number of carbonyl (C=O) groups excluding carboxylic acids is 6. The van der Waals surface area contributed by atoms with Crippen molar-refractivity contribution in [2.45, 2.75) is 194 Å². The lowest BCUT2D eigenvalue weighted by atomic mass is 9.73. The van der Waals surface area contributed by atoms with Crippen LogP contribution >= 0.6 is 0 Å². The Morgan fingerprint density at radius 1 is 0.772 bits per heavy atom. The van der Waals surface area contributed by atoms with Gasteiger partial charge in [-0.3, -0.25) is 33.7 Å². The molecule has 12 nitrogen and oxygen atoms in total. The van der Waals surface area contributed by atoms with Gasteiger partial charge in [0.1, 0.15) is 18.1 Å². The summed E-state index contributed by atoms with van der Waals surface area (Å²) in [5, 5.41) is 12.1. The van der Waals surface area contributed by atoms with Crippen LogP contribution < -0.4 is 21.3 Å². The molecule has 0 aromatic rings. The Morgan fingerprint density at radius 2 is 1.42 bits per heavy atom. The highest BCUT2D eigenvalue weighted by Crippen LogP contribution is 2.88. The summed E-state index contributed by atoms with van der Waals surface area (Å²) in [7, 11) is 0. The van der Waals surface area contributed by atoms with E-state index in [1.165, 1.54) is 0 Å². The SMILES string of the molecule is CCC[C@H](NC(=O)[C@@H]1C[C@@]2(CN1C(=O)[C@@H](NC(=O)[C@@H](NC(=O)[C@@H]1CCCCN1CC(C)C)C1CCCCC1)C(C)(C)C)C(C)(C)C21CCC1)C(=O)C(=O)NC1CC1. The summed E-state index contributed by atoms with van der Waals surface area (Å²) in [5.74, 6) is -2.15. The lowest BCUT2D eigenvalue weighted by Gasteiger charge is -2.39. The molecule has 0 aromatic heterocycles. The number of nitrogens with zero attached hydrogens (tertiary/aromatic N) is 2. The van der Waals surface area contributed by atoms with Crippen LogP contribution in [-0.4, -0.2) is 101 Å². The fourth-order valence-corrected chi connectivity index (χ4v) is 11.7. The van der Waals surface area contributed by atoms with Crippen LogP contribution in [0.1, 0.15) is 158 Å². The molecule has 6 aliphatic rings. The van der Waals surface area contributed by atoms with Gasteiger partial charge < -0.3 is 26.2 Å². The maximum Gasteiger partial charge on any atom is 0.289 e. The van der Waals surface area contributed by atoms with Crippen molar-refractivity contribution in [1.82, 2.24) is 31.1 Å². The Hall–Kier alpha value is -3.02. The summed E-state index contributed by atoms with van der Waals surface area (Å²) < 4.78 is 0. The van der Waals surface area contributed by atoms with Crippen LogP contribution in [0.15, 0.2) is 0 Å². The molecular formula is C45H74N6O6. The minimum atomic E-state index is -0.988. The van der Waals surface area contributed by atoms with E-state index < -0.39 is 47.2 Å². The molecule has 12 heteroatoms. The molecule has 6 atom stereocenters. The Labute approximate surface area is 341 Å². The smallest absolute Gasteiger partial charge is 0.289 e. The first kappa shape index (κ1) is 43.6. The first-order valence-electron chi connectivity index (χ1n) is 22.7. The molecule has 4 N–H and O–H groups in total. The lowest BCUT2D eigenvalue weighted by Crippen LogP contribution is -2.63. The van der Waals surface area contributed by atoms with E-state index in [9.17, 15) is 24.0 Å². The second-order valence-electron chi connectivity index (χ2n) is 20.9. The Balaban J connectivity index is 1.25. The van der Waals surface area contributed by atoms with Gasteiger partial charge in [0.15, 0.2) is 0 Å². The standard InChI is InChI=1S/C45H74N6O6/c1-9-16-31(35(52)40(56)46-30-20-21-30)47-38(54)33-25-45(43(7,8)44(45)22-15-23-44)27-51(33)41(57)36(42(4,5)6)49-39(55)34(29-17-11-10-12-18-29)48-37(53)32-19-13-14-24-50(32)26-28(2)3/h28-34,36H,9-27H2,1-8H3,(H,46,56)(H,47,54)(H,48,53)(H,49,55)/t31-,32-,33-,34-,36+,45+/m0/s1. The van der Waals surface area contributed by atoms with E-state index >= 15 is 4.79 Å². The maximum absolute atomic E-state index is 15.2. The summed E-state index contributed by atoms with van der Waals surface area (Å²) in [6.45, 7) is 18.6. The molecule has 6 rings (SSSR count). The molecule has 320 valence electrons. The van der Waals surface area contributed by atoms with Crippen molar-refractivity contribution in [1.29, 1.82) is 0 Å². The predicted octanol–water partition coefficient (Wildman–Crippen LogP) is 5.02. The fraction of sp³-hybridized carbons (Fsp3) is 0.867. The van der Waals surface area contributed by atoms with Crippen molar-refractivity contribution in [3.63, 3.8) is 0 Å². The van der Waals surface area contributed by atoms with Gasteiger partial charge in [-0.05, 0) is 98.8 Å². The Kier molecular flexibility index (Phi) is 12.9. The normalized spacial score (nSPS) is 28.6. The maximum atomic E-state index is 15.2. The van der Waals surface area contributed by atoms with Gasteiger partial charge in [0, 0.05) is 24.5 Å². The third-order valence-corrected chi connectivity index (χ3v) is 15.4.